The van der Waals surface area contributed by atoms with E-state index in [1.54, 1.807) is 16.8 Å². The molecule has 1 N–H and O–H groups in total. The van der Waals surface area contributed by atoms with Gasteiger partial charge in [-0.05, 0) is 60.2 Å². The summed E-state index contributed by atoms with van der Waals surface area (Å²) in [5, 5.41) is 3.99. The molecule has 0 atom stereocenters. The van der Waals surface area contributed by atoms with Crippen LogP contribution >= 0.6 is 0 Å². The van der Waals surface area contributed by atoms with E-state index in [9.17, 15) is 17.6 Å². The van der Waals surface area contributed by atoms with Crippen LogP contribution in [0.15, 0.2) is 41.6 Å². The molecule has 0 unspecified atom stereocenters. The molecule has 4 rings (SSSR count). The molecule has 12 heteroatoms. The van der Waals surface area contributed by atoms with Crippen LogP contribution in [0.1, 0.15) is 56.5 Å². The van der Waals surface area contributed by atoms with E-state index in [0.717, 1.165) is 0 Å². The monoisotopic (exact) mass is 560 g/mol. The summed E-state index contributed by atoms with van der Waals surface area (Å²) in [4.78, 5) is 17.3. The van der Waals surface area contributed by atoms with Crippen LogP contribution in [0.5, 0.6) is 5.88 Å². The zero-order valence-corrected chi connectivity index (χ0v) is 23.6. The highest BCUT2D eigenvalue weighted by Crippen LogP contribution is 2.36. The van der Waals surface area contributed by atoms with Crippen LogP contribution in [0, 0.1) is 5.82 Å². The summed E-state index contributed by atoms with van der Waals surface area (Å²) in [6, 6.07) is 7.24. The fourth-order valence-electron chi connectivity index (χ4n) is 4.61. The lowest BCUT2D eigenvalue weighted by Crippen LogP contribution is -2.49. The topological polar surface area (TPSA) is 122 Å². The van der Waals surface area contributed by atoms with Crippen LogP contribution in [-0.4, -0.2) is 56.5 Å². The van der Waals surface area contributed by atoms with Crippen molar-refractivity contribution < 1.29 is 31.8 Å². The van der Waals surface area contributed by atoms with Gasteiger partial charge in [0.15, 0.2) is 10.6 Å². The number of halogens is 1. The summed E-state index contributed by atoms with van der Waals surface area (Å²) < 4.78 is 61.1. The van der Waals surface area contributed by atoms with Crippen molar-refractivity contribution in [2.24, 2.45) is 0 Å². The summed E-state index contributed by atoms with van der Waals surface area (Å²) in [7, 11) is -1.33. The van der Waals surface area contributed by atoms with E-state index in [1.165, 1.54) is 38.6 Å². The van der Waals surface area contributed by atoms with Crippen LogP contribution in [0.3, 0.4) is 0 Å². The number of hydrogen-bond acceptors (Lipinski definition) is 8. The quantitative estimate of drug-likeness (QED) is 0.398. The van der Waals surface area contributed by atoms with Crippen LogP contribution < -0.4 is 9.46 Å². The minimum absolute atomic E-state index is 0.137. The zero-order chi connectivity index (χ0) is 28.5. The molecule has 0 aliphatic carbocycles. The third kappa shape index (κ3) is 5.68. The van der Waals surface area contributed by atoms with E-state index in [1.807, 2.05) is 27.7 Å². The molecule has 1 amide bonds. The van der Waals surface area contributed by atoms with Gasteiger partial charge in [0.05, 0.1) is 32.4 Å². The molecular formula is C27H33FN4O6S. The molecule has 10 nitrogen and oxygen atoms in total. The van der Waals surface area contributed by atoms with Crippen molar-refractivity contribution in [1.29, 1.82) is 0 Å². The summed E-state index contributed by atoms with van der Waals surface area (Å²) in [6.07, 6.45) is 1.21. The molecule has 2 aromatic heterocycles. The molecule has 1 fully saturated rings. The Bertz CT molecular complexity index is 1480. The fraction of sp³-hybridized carbons (Fsp3) is 0.444. The first kappa shape index (κ1) is 28.7. The van der Waals surface area contributed by atoms with E-state index >= 15 is 0 Å². The molecule has 3 aromatic rings. The standard InChI is InChI=1S/C27H33FN4O6S/c1-16(2)20-10-19(28)11-21(18-7-8-29-25(9-18)36-5)22(20)12-24(33)31-39(34,35)26-13-23(32(30-26)17(3)4)27(37-6)14-38-15-27/h7-11,13,16-17H,12,14-15H2,1-6H3,(H,31,33). The highest BCUT2D eigenvalue weighted by atomic mass is 32.2. The van der Waals surface area contributed by atoms with Crippen molar-refractivity contribution in [1.82, 2.24) is 19.5 Å². The van der Waals surface area contributed by atoms with E-state index < -0.39 is 27.3 Å². The first-order chi connectivity index (χ1) is 18.4. The molecular weight excluding hydrogens is 527 g/mol. The van der Waals surface area contributed by atoms with Gasteiger partial charge in [0.25, 0.3) is 10.0 Å². The van der Waals surface area contributed by atoms with Gasteiger partial charge in [-0.1, -0.05) is 13.8 Å². The molecule has 1 aliphatic heterocycles. The number of rotatable bonds is 10. The summed E-state index contributed by atoms with van der Waals surface area (Å²) >= 11 is 0. The fourth-order valence-corrected chi connectivity index (χ4v) is 5.55. The van der Waals surface area contributed by atoms with Gasteiger partial charge < -0.3 is 14.2 Å². The predicted molar refractivity (Wildman–Crippen MR) is 141 cm³/mol. The van der Waals surface area contributed by atoms with Crippen LogP contribution in [0.4, 0.5) is 4.39 Å². The maximum absolute atomic E-state index is 14.7. The molecule has 0 saturated carbocycles. The Morgan fingerprint density at radius 2 is 1.90 bits per heavy atom. The lowest BCUT2D eigenvalue weighted by molar-refractivity contribution is -0.206. The Balaban J connectivity index is 1.68. The number of methoxy groups -OCH3 is 2. The minimum atomic E-state index is -4.33. The number of carbonyl (C=O) groups is 1. The molecule has 0 radical (unpaired) electrons. The van der Waals surface area contributed by atoms with Gasteiger partial charge in [0, 0.05) is 31.5 Å². The van der Waals surface area contributed by atoms with Crippen molar-refractivity contribution in [2.45, 2.75) is 56.7 Å². The molecule has 0 spiro atoms. The Kier molecular flexibility index (Phi) is 8.10. The Labute approximate surface area is 227 Å². The molecule has 1 aromatic carbocycles. The Hall–Kier alpha value is -3.35. The number of carbonyl (C=O) groups excluding carboxylic acids is 1. The number of pyridine rings is 1. The van der Waals surface area contributed by atoms with Crippen LogP contribution in [0.2, 0.25) is 0 Å². The van der Waals surface area contributed by atoms with Crippen molar-refractivity contribution in [2.75, 3.05) is 27.4 Å². The molecule has 0 bridgehead atoms. The third-order valence-electron chi connectivity index (χ3n) is 6.72. The summed E-state index contributed by atoms with van der Waals surface area (Å²) in [5.74, 6) is -1.06. The first-order valence-corrected chi connectivity index (χ1v) is 14.0. The second-order valence-electron chi connectivity index (χ2n) is 10.1. The van der Waals surface area contributed by atoms with Gasteiger partial charge in [-0.3, -0.25) is 9.48 Å². The minimum Gasteiger partial charge on any atom is -0.481 e. The first-order valence-electron chi connectivity index (χ1n) is 12.5. The lowest BCUT2D eigenvalue weighted by Gasteiger charge is -2.40. The summed E-state index contributed by atoms with van der Waals surface area (Å²) in [5.41, 5.74) is 1.87. The molecule has 210 valence electrons. The second kappa shape index (κ2) is 11.0. The van der Waals surface area contributed by atoms with Gasteiger partial charge in [0.1, 0.15) is 5.82 Å². The van der Waals surface area contributed by atoms with Crippen molar-refractivity contribution in [3.63, 3.8) is 0 Å². The van der Waals surface area contributed by atoms with Crippen molar-refractivity contribution >= 4 is 15.9 Å². The normalized spacial score (nSPS) is 14.9. The smallest absolute Gasteiger partial charge is 0.283 e. The highest BCUT2D eigenvalue weighted by molar-refractivity contribution is 7.90. The van der Waals surface area contributed by atoms with Gasteiger partial charge in [-0.2, -0.15) is 13.5 Å². The summed E-state index contributed by atoms with van der Waals surface area (Å²) in [6.45, 7) is 8.01. The number of nitrogens with zero attached hydrogens (tertiary/aromatic N) is 3. The van der Waals surface area contributed by atoms with Crippen molar-refractivity contribution in [3.05, 3.63) is 59.2 Å². The Morgan fingerprint density at radius 3 is 2.46 bits per heavy atom. The van der Waals surface area contributed by atoms with Crippen LogP contribution in [0.25, 0.3) is 11.1 Å². The number of nitrogens with one attached hydrogen (secondary N) is 1. The third-order valence-corrected chi connectivity index (χ3v) is 7.96. The lowest BCUT2D eigenvalue weighted by atomic mass is 9.88. The van der Waals surface area contributed by atoms with Gasteiger partial charge in [-0.25, -0.2) is 14.1 Å². The second-order valence-corrected chi connectivity index (χ2v) is 11.7. The largest absolute Gasteiger partial charge is 0.481 e. The van der Waals surface area contributed by atoms with E-state index in [2.05, 4.69) is 14.8 Å². The number of benzene rings is 1. The number of amides is 1. The van der Waals surface area contributed by atoms with Gasteiger partial charge in [0.2, 0.25) is 11.8 Å². The van der Waals surface area contributed by atoms with E-state index in [4.69, 9.17) is 14.2 Å². The predicted octanol–water partition coefficient (Wildman–Crippen LogP) is 3.72. The van der Waals surface area contributed by atoms with Crippen LogP contribution in [-0.2, 0) is 36.3 Å². The highest BCUT2D eigenvalue weighted by Gasteiger charge is 2.45. The molecule has 1 saturated heterocycles. The van der Waals surface area contributed by atoms with E-state index in [0.29, 0.717) is 33.8 Å². The molecule has 3 heterocycles. The number of sulfonamides is 1. The maximum atomic E-state index is 14.7. The number of ether oxygens (including phenoxy) is 3. The maximum Gasteiger partial charge on any atom is 0.283 e. The van der Waals surface area contributed by atoms with Gasteiger partial charge in [-0.15, -0.1) is 0 Å². The Morgan fingerprint density at radius 1 is 1.18 bits per heavy atom. The average Bonchev–Trinajstić information content (AvgIpc) is 3.31. The number of aromatic nitrogens is 3. The zero-order valence-electron chi connectivity index (χ0n) is 22.8. The molecule has 1 aliphatic rings. The van der Waals surface area contributed by atoms with Crippen molar-refractivity contribution in [3.8, 4) is 17.0 Å². The SMILES string of the molecule is COc1cc(-c2cc(F)cc(C(C)C)c2CC(=O)NS(=O)(=O)c2cc(C3(OC)COC3)n(C(C)C)n2)ccn1. The van der Waals surface area contributed by atoms with Gasteiger partial charge >= 0.3 is 0 Å². The number of hydrogen-bond donors (Lipinski definition) is 1. The molecule has 39 heavy (non-hydrogen) atoms. The average molecular weight is 561 g/mol. The van der Waals surface area contributed by atoms with E-state index in [-0.39, 0.29) is 36.6 Å².